The third-order valence-electron chi connectivity index (χ3n) is 5.07. The molecule has 1 unspecified atom stereocenters. The summed E-state index contributed by atoms with van der Waals surface area (Å²) in [6, 6.07) is 7.74. The molecule has 0 saturated carbocycles. The molecule has 2 atom stereocenters. The van der Waals surface area contributed by atoms with Gasteiger partial charge in [0.25, 0.3) is 0 Å². The lowest BCUT2D eigenvalue weighted by Gasteiger charge is -2.36. The van der Waals surface area contributed by atoms with E-state index in [0.29, 0.717) is 24.3 Å². The molecule has 7 heteroatoms. The lowest BCUT2D eigenvalue weighted by atomic mass is 9.94. The van der Waals surface area contributed by atoms with Crippen molar-refractivity contribution in [3.63, 3.8) is 0 Å². The van der Waals surface area contributed by atoms with Gasteiger partial charge in [0.15, 0.2) is 0 Å². The SMILES string of the molecule is O=C(O)CSCCCCN1C(=O)CCC[C@@H]1CCC(O)Cc1ccc(Cl)cc1. The number of thioether (sulfide) groups is 1. The average molecular weight is 428 g/mol. The summed E-state index contributed by atoms with van der Waals surface area (Å²) in [4.78, 5) is 24.9. The lowest BCUT2D eigenvalue weighted by molar-refractivity contribution is -0.137. The van der Waals surface area contributed by atoms with Crippen LogP contribution in [0, 0.1) is 0 Å². The van der Waals surface area contributed by atoms with Gasteiger partial charge in [-0.1, -0.05) is 23.7 Å². The van der Waals surface area contributed by atoms with Crippen LogP contribution in [0.5, 0.6) is 0 Å². The number of aliphatic hydroxyl groups is 1. The number of halogens is 1. The van der Waals surface area contributed by atoms with Gasteiger partial charge in [-0.15, -0.1) is 0 Å². The molecule has 0 radical (unpaired) electrons. The highest BCUT2D eigenvalue weighted by molar-refractivity contribution is 7.99. The Balaban J connectivity index is 1.73. The minimum Gasteiger partial charge on any atom is -0.481 e. The quantitative estimate of drug-likeness (QED) is 0.493. The van der Waals surface area contributed by atoms with Crippen LogP contribution < -0.4 is 0 Å². The van der Waals surface area contributed by atoms with E-state index in [0.717, 1.165) is 50.0 Å². The van der Waals surface area contributed by atoms with Crippen LogP contribution in [0.15, 0.2) is 24.3 Å². The molecule has 2 N–H and O–H groups in total. The first-order valence-corrected chi connectivity index (χ1v) is 11.5. The van der Waals surface area contributed by atoms with E-state index in [9.17, 15) is 14.7 Å². The van der Waals surface area contributed by atoms with Crippen molar-refractivity contribution in [3.05, 3.63) is 34.9 Å². The van der Waals surface area contributed by atoms with Gasteiger partial charge in [-0.25, -0.2) is 0 Å². The van der Waals surface area contributed by atoms with Gasteiger partial charge >= 0.3 is 5.97 Å². The van der Waals surface area contributed by atoms with Gasteiger partial charge in [-0.05, 0) is 68.4 Å². The molecule has 1 saturated heterocycles. The number of unbranched alkanes of at least 4 members (excludes halogenated alkanes) is 1. The zero-order valence-electron chi connectivity index (χ0n) is 16.2. The number of carboxylic acid groups (broad SMARTS) is 1. The molecule has 1 fully saturated rings. The number of amides is 1. The Morgan fingerprint density at radius 3 is 2.75 bits per heavy atom. The molecule has 1 heterocycles. The standard InChI is InChI=1S/C21H30ClNO4S/c22-17-8-6-16(7-9-17)14-19(24)11-10-18-4-3-5-20(25)23(18)12-1-2-13-28-15-21(26)27/h6-9,18-19,24H,1-5,10-15H2,(H,26,27)/t18-,19?/m1/s1. The molecule has 5 nitrogen and oxygen atoms in total. The van der Waals surface area contributed by atoms with Crippen molar-refractivity contribution in [1.82, 2.24) is 4.90 Å². The molecular formula is C21H30ClNO4S. The summed E-state index contributed by atoms with van der Waals surface area (Å²) in [7, 11) is 0. The van der Waals surface area contributed by atoms with E-state index in [2.05, 4.69) is 0 Å². The molecule has 156 valence electrons. The monoisotopic (exact) mass is 427 g/mol. The van der Waals surface area contributed by atoms with Crippen molar-refractivity contribution in [3.8, 4) is 0 Å². The van der Waals surface area contributed by atoms with Crippen LogP contribution in [-0.2, 0) is 16.0 Å². The molecule has 0 aromatic heterocycles. The Bertz CT molecular complexity index is 625. The number of carbonyl (C=O) groups is 2. The summed E-state index contributed by atoms with van der Waals surface area (Å²) in [5, 5.41) is 19.7. The summed E-state index contributed by atoms with van der Waals surface area (Å²) in [6.07, 6.45) is 5.98. The third-order valence-corrected chi connectivity index (χ3v) is 6.35. The highest BCUT2D eigenvalue weighted by Crippen LogP contribution is 2.24. The number of aliphatic hydroxyl groups excluding tert-OH is 1. The molecule has 0 bridgehead atoms. The maximum absolute atomic E-state index is 12.3. The van der Waals surface area contributed by atoms with E-state index in [1.54, 1.807) is 0 Å². The first kappa shape index (κ1) is 23.0. The predicted molar refractivity (Wildman–Crippen MR) is 114 cm³/mol. The highest BCUT2D eigenvalue weighted by atomic mass is 35.5. The van der Waals surface area contributed by atoms with Crippen molar-refractivity contribution < 1.29 is 19.8 Å². The summed E-state index contributed by atoms with van der Waals surface area (Å²) in [5.74, 6) is 0.366. The van der Waals surface area contributed by atoms with E-state index < -0.39 is 12.1 Å². The molecule has 1 aliphatic heterocycles. The summed E-state index contributed by atoms with van der Waals surface area (Å²) in [6.45, 7) is 0.727. The lowest BCUT2D eigenvalue weighted by Crippen LogP contribution is -2.44. The number of hydrogen-bond donors (Lipinski definition) is 2. The third kappa shape index (κ3) is 8.41. The van der Waals surface area contributed by atoms with Gasteiger partial charge < -0.3 is 15.1 Å². The Labute approximate surface area is 176 Å². The van der Waals surface area contributed by atoms with Crippen LogP contribution in [0.3, 0.4) is 0 Å². The van der Waals surface area contributed by atoms with E-state index >= 15 is 0 Å². The summed E-state index contributed by atoms with van der Waals surface area (Å²) in [5.41, 5.74) is 1.06. The van der Waals surface area contributed by atoms with Gasteiger partial charge in [0, 0.05) is 24.0 Å². The van der Waals surface area contributed by atoms with Gasteiger partial charge in [0.05, 0.1) is 11.9 Å². The normalized spacial score (nSPS) is 18.3. The van der Waals surface area contributed by atoms with Crippen LogP contribution in [0.25, 0.3) is 0 Å². The summed E-state index contributed by atoms with van der Waals surface area (Å²) >= 11 is 7.32. The van der Waals surface area contributed by atoms with Crippen LogP contribution in [-0.4, -0.2) is 57.2 Å². The van der Waals surface area contributed by atoms with Crippen molar-refractivity contribution in [1.29, 1.82) is 0 Å². The minimum absolute atomic E-state index is 0.136. The first-order chi connectivity index (χ1) is 13.5. The van der Waals surface area contributed by atoms with E-state index in [-0.39, 0.29) is 17.7 Å². The van der Waals surface area contributed by atoms with Gasteiger partial charge in [-0.2, -0.15) is 11.8 Å². The molecule has 2 rings (SSSR count). The topological polar surface area (TPSA) is 77.8 Å². The molecule has 0 spiro atoms. The molecule has 1 aromatic rings. The van der Waals surface area contributed by atoms with Crippen LogP contribution in [0.4, 0.5) is 0 Å². The Kier molecular flexibility index (Phi) is 10.2. The largest absolute Gasteiger partial charge is 0.481 e. The maximum Gasteiger partial charge on any atom is 0.313 e. The number of rotatable bonds is 12. The van der Waals surface area contributed by atoms with Crippen LogP contribution in [0.2, 0.25) is 5.02 Å². The van der Waals surface area contributed by atoms with Crippen molar-refractivity contribution in [2.75, 3.05) is 18.1 Å². The Morgan fingerprint density at radius 2 is 2.04 bits per heavy atom. The molecule has 1 amide bonds. The number of likely N-dealkylation sites (tertiary alicyclic amines) is 1. The zero-order valence-corrected chi connectivity index (χ0v) is 17.8. The fourth-order valence-electron chi connectivity index (χ4n) is 3.62. The minimum atomic E-state index is -0.784. The molecule has 28 heavy (non-hydrogen) atoms. The number of benzene rings is 1. The fourth-order valence-corrected chi connectivity index (χ4v) is 4.48. The second-order valence-electron chi connectivity index (χ2n) is 7.35. The number of piperidine rings is 1. The van der Waals surface area contributed by atoms with E-state index in [1.807, 2.05) is 29.2 Å². The maximum atomic E-state index is 12.3. The molecule has 1 aromatic carbocycles. The number of hydrogen-bond acceptors (Lipinski definition) is 4. The van der Waals surface area contributed by atoms with Crippen molar-refractivity contribution >= 4 is 35.2 Å². The molecular weight excluding hydrogens is 398 g/mol. The predicted octanol–water partition coefficient (Wildman–Crippen LogP) is 4.00. The van der Waals surface area contributed by atoms with Gasteiger partial charge in [0.2, 0.25) is 5.91 Å². The zero-order chi connectivity index (χ0) is 20.4. The Hall–Kier alpha value is -1.24. The van der Waals surface area contributed by atoms with Gasteiger partial charge in [0.1, 0.15) is 0 Å². The van der Waals surface area contributed by atoms with Crippen LogP contribution >= 0.6 is 23.4 Å². The summed E-state index contributed by atoms with van der Waals surface area (Å²) < 4.78 is 0. The van der Waals surface area contributed by atoms with Crippen LogP contribution in [0.1, 0.15) is 50.5 Å². The molecule has 1 aliphatic rings. The number of carboxylic acids is 1. The first-order valence-electron chi connectivity index (χ1n) is 9.97. The second-order valence-corrected chi connectivity index (χ2v) is 8.89. The second kappa shape index (κ2) is 12.3. The van der Waals surface area contributed by atoms with Crippen molar-refractivity contribution in [2.45, 2.75) is 63.5 Å². The Morgan fingerprint density at radius 1 is 1.29 bits per heavy atom. The smallest absolute Gasteiger partial charge is 0.313 e. The number of aliphatic carboxylic acids is 1. The number of carbonyl (C=O) groups excluding carboxylic acids is 1. The molecule has 0 aliphatic carbocycles. The van der Waals surface area contributed by atoms with E-state index in [1.165, 1.54) is 11.8 Å². The van der Waals surface area contributed by atoms with E-state index in [4.69, 9.17) is 16.7 Å². The van der Waals surface area contributed by atoms with Gasteiger partial charge in [-0.3, -0.25) is 9.59 Å². The number of nitrogens with zero attached hydrogens (tertiary/aromatic N) is 1. The highest BCUT2D eigenvalue weighted by Gasteiger charge is 2.27. The fraction of sp³-hybridized carbons (Fsp3) is 0.619. The van der Waals surface area contributed by atoms with Crippen molar-refractivity contribution in [2.24, 2.45) is 0 Å². The average Bonchev–Trinajstić information content (AvgIpc) is 2.66.